The topological polar surface area (TPSA) is 12.4 Å². The van der Waals surface area contributed by atoms with E-state index >= 15 is 0 Å². The molecule has 0 amide bonds. The molecule has 0 aliphatic carbocycles. The number of allylic oxidation sites excluding steroid dienone is 2. The second-order valence-electron chi connectivity index (χ2n) is 2.01. The van der Waals surface area contributed by atoms with Gasteiger partial charge in [0.1, 0.15) is 5.83 Å². The Morgan fingerprint density at radius 3 is 2.25 bits per heavy atom. The molecule has 0 aromatic carbocycles. The SMILES string of the molecule is CC1=NC(C)=C(F)C1. The highest BCUT2D eigenvalue weighted by Gasteiger charge is 2.09. The average Bonchev–Trinajstić information content (AvgIpc) is 1.85. The smallest absolute Gasteiger partial charge is 0.127 e. The van der Waals surface area contributed by atoms with Gasteiger partial charge in [-0.25, -0.2) is 4.39 Å². The Hall–Kier alpha value is -0.660. The van der Waals surface area contributed by atoms with Crippen LogP contribution in [0.4, 0.5) is 4.39 Å². The van der Waals surface area contributed by atoms with E-state index in [9.17, 15) is 4.39 Å². The van der Waals surface area contributed by atoms with Crippen LogP contribution in [0.3, 0.4) is 0 Å². The molecule has 8 heavy (non-hydrogen) atoms. The maximum atomic E-state index is 12.3. The molecule has 0 saturated heterocycles. The van der Waals surface area contributed by atoms with Gasteiger partial charge in [0, 0.05) is 12.1 Å². The van der Waals surface area contributed by atoms with E-state index in [2.05, 4.69) is 4.99 Å². The summed E-state index contributed by atoms with van der Waals surface area (Å²) in [5.41, 5.74) is 1.42. The normalized spacial score (nSPS) is 19.6. The first-order valence-corrected chi connectivity index (χ1v) is 2.59. The Morgan fingerprint density at radius 2 is 2.12 bits per heavy atom. The first-order chi connectivity index (χ1) is 3.70. The molecule has 0 atom stereocenters. The Kier molecular flexibility index (Phi) is 1.16. The fraction of sp³-hybridized carbons (Fsp3) is 0.500. The van der Waals surface area contributed by atoms with E-state index in [4.69, 9.17) is 0 Å². The van der Waals surface area contributed by atoms with Gasteiger partial charge in [0.05, 0.1) is 5.70 Å². The highest BCUT2D eigenvalue weighted by Crippen LogP contribution is 2.19. The summed E-state index contributed by atoms with van der Waals surface area (Å²) >= 11 is 0. The number of halogens is 1. The minimum absolute atomic E-state index is 0.0810. The summed E-state index contributed by atoms with van der Waals surface area (Å²) in [5, 5.41) is 0. The fourth-order valence-corrected chi connectivity index (χ4v) is 0.739. The van der Waals surface area contributed by atoms with Gasteiger partial charge >= 0.3 is 0 Å². The van der Waals surface area contributed by atoms with E-state index in [1.165, 1.54) is 0 Å². The molecule has 0 radical (unpaired) electrons. The predicted octanol–water partition coefficient (Wildman–Crippen LogP) is 2.05. The molecule has 0 saturated carbocycles. The van der Waals surface area contributed by atoms with E-state index in [0.29, 0.717) is 12.1 Å². The van der Waals surface area contributed by atoms with Crippen molar-refractivity contribution in [3.8, 4) is 0 Å². The second-order valence-corrected chi connectivity index (χ2v) is 2.01. The second kappa shape index (κ2) is 1.69. The van der Waals surface area contributed by atoms with E-state index in [1.807, 2.05) is 6.92 Å². The summed E-state index contributed by atoms with van der Waals surface area (Å²) in [6.45, 7) is 3.52. The Labute approximate surface area is 47.9 Å². The molecule has 0 spiro atoms. The third-order valence-electron chi connectivity index (χ3n) is 1.16. The van der Waals surface area contributed by atoms with E-state index < -0.39 is 0 Å². The van der Waals surface area contributed by atoms with Gasteiger partial charge in [-0.05, 0) is 13.8 Å². The van der Waals surface area contributed by atoms with Crippen molar-refractivity contribution in [1.29, 1.82) is 0 Å². The third kappa shape index (κ3) is 0.782. The van der Waals surface area contributed by atoms with Gasteiger partial charge in [0.2, 0.25) is 0 Å². The zero-order valence-corrected chi connectivity index (χ0v) is 5.03. The van der Waals surface area contributed by atoms with Crippen LogP contribution >= 0.6 is 0 Å². The molecule has 1 rings (SSSR count). The van der Waals surface area contributed by atoms with Crippen LogP contribution in [0.2, 0.25) is 0 Å². The average molecular weight is 113 g/mol. The maximum Gasteiger partial charge on any atom is 0.127 e. The number of aliphatic imine (C=N–C) groups is 1. The van der Waals surface area contributed by atoms with Crippen LogP contribution in [-0.4, -0.2) is 5.71 Å². The van der Waals surface area contributed by atoms with Gasteiger partial charge in [-0.2, -0.15) is 0 Å². The molecule has 0 fully saturated rings. The van der Waals surface area contributed by atoms with Crippen molar-refractivity contribution >= 4 is 5.71 Å². The van der Waals surface area contributed by atoms with Gasteiger partial charge in [-0.1, -0.05) is 0 Å². The molecule has 0 unspecified atom stereocenters. The van der Waals surface area contributed by atoms with Crippen molar-refractivity contribution in [2.75, 3.05) is 0 Å². The summed E-state index contributed by atoms with van der Waals surface area (Å²) in [7, 11) is 0. The monoisotopic (exact) mass is 113 g/mol. The van der Waals surface area contributed by atoms with Crippen LogP contribution in [0.25, 0.3) is 0 Å². The fourth-order valence-electron chi connectivity index (χ4n) is 0.739. The number of hydrogen-bond donors (Lipinski definition) is 0. The van der Waals surface area contributed by atoms with Gasteiger partial charge in [-0.3, -0.25) is 4.99 Å². The first kappa shape index (κ1) is 5.48. The molecule has 0 aromatic heterocycles. The molecule has 0 bridgehead atoms. The van der Waals surface area contributed by atoms with Crippen molar-refractivity contribution in [3.05, 3.63) is 11.5 Å². The lowest BCUT2D eigenvalue weighted by molar-refractivity contribution is 0.618. The predicted molar refractivity (Wildman–Crippen MR) is 31.5 cm³/mol. The molecule has 44 valence electrons. The molecule has 1 aliphatic rings. The van der Waals surface area contributed by atoms with Gasteiger partial charge in [0.15, 0.2) is 0 Å². The molecule has 0 N–H and O–H groups in total. The van der Waals surface area contributed by atoms with Crippen molar-refractivity contribution in [3.63, 3.8) is 0 Å². The van der Waals surface area contributed by atoms with Crippen LogP contribution in [0.15, 0.2) is 16.5 Å². The van der Waals surface area contributed by atoms with Crippen molar-refractivity contribution < 1.29 is 4.39 Å². The van der Waals surface area contributed by atoms with Crippen molar-refractivity contribution in [2.45, 2.75) is 20.3 Å². The molecule has 1 aliphatic heterocycles. The minimum Gasteiger partial charge on any atom is -0.260 e. The quantitative estimate of drug-likeness (QED) is 0.456. The summed E-state index contributed by atoms with van der Waals surface area (Å²) in [6.07, 6.45) is 0.422. The maximum absolute atomic E-state index is 12.3. The Balaban J connectivity index is 2.79. The number of nitrogens with zero attached hydrogens (tertiary/aromatic N) is 1. The summed E-state index contributed by atoms with van der Waals surface area (Å²) in [5.74, 6) is -0.0810. The van der Waals surface area contributed by atoms with Crippen molar-refractivity contribution in [1.82, 2.24) is 0 Å². The lowest BCUT2D eigenvalue weighted by Gasteiger charge is -1.81. The van der Waals surface area contributed by atoms with Gasteiger partial charge < -0.3 is 0 Å². The summed E-state index contributed by atoms with van der Waals surface area (Å²) in [6, 6.07) is 0. The Bertz CT molecular complexity index is 167. The largest absolute Gasteiger partial charge is 0.260 e. The highest BCUT2D eigenvalue weighted by atomic mass is 19.1. The van der Waals surface area contributed by atoms with Gasteiger partial charge in [-0.15, -0.1) is 0 Å². The Morgan fingerprint density at radius 1 is 1.50 bits per heavy atom. The zero-order chi connectivity index (χ0) is 6.15. The van der Waals surface area contributed by atoms with E-state index in [1.54, 1.807) is 6.92 Å². The van der Waals surface area contributed by atoms with Crippen LogP contribution in [0.1, 0.15) is 20.3 Å². The van der Waals surface area contributed by atoms with Crippen LogP contribution in [-0.2, 0) is 0 Å². The molecular weight excluding hydrogens is 105 g/mol. The molecule has 0 aromatic rings. The molecule has 1 nitrogen and oxygen atoms in total. The minimum atomic E-state index is -0.0810. The summed E-state index contributed by atoms with van der Waals surface area (Å²) in [4.78, 5) is 3.89. The molecule has 2 heteroatoms. The standard InChI is InChI=1S/C6H8FN/c1-4-3-6(7)5(2)8-4/h3H2,1-2H3. The number of hydrogen-bond acceptors (Lipinski definition) is 1. The van der Waals surface area contributed by atoms with Crippen LogP contribution < -0.4 is 0 Å². The highest BCUT2D eigenvalue weighted by molar-refractivity contribution is 5.87. The van der Waals surface area contributed by atoms with Crippen LogP contribution in [0, 0.1) is 0 Å². The summed E-state index contributed by atoms with van der Waals surface area (Å²) < 4.78 is 12.3. The lowest BCUT2D eigenvalue weighted by Crippen LogP contribution is -1.81. The molecule has 1 heterocycles. The van der Waals surface area contributed by atoms with Crippen LogP contribution in [0.5, 0.6) is 0 Å². The lowest BCUT2D eigenvalue weighted by atomic mass is 10.3. The van der Waals surface area contributed by atoms with E-state index in [-0.39, 0.29) is 5.83 Å². The van der Waals surface area contributed by atoms with E-state index in [0.717, 1.165) is 5.71 Å². The molecular formula is C6H8FN. The first-order valence-electron chi connectivity index (χ1n) is 2.59. The third-order valence-corrected chi connectivity index (χ3v) is 1.16. The van der Waals surface area contributed by atoms with Crippen molar-refractivity contribution in [2.24, 2.45) is 4.99 Å². The zero-order valence-electron chi connectivity index (χ0n) is 5.03. The van der Waals surface area contributed by atoms with Gasteiger partial charge in [0.25, 0.3) is 0 Å². The number of rotatable bonds is 0.